The Hall–Kier alpha value is -3.60. The third-order valence-electron chi connectivity index (χ3n) is 6.09. The molecule has 2 amide bonds. The first-order valence-corrected chi connectivity index (χ1v) is 14.0. The van der Waals surface area contributed by atoms with Gasteiger partial charge in [-0.3, -0.25) is 9.59 Å². The lowest BCUT2D eigenvalue weighted by Gasteiger charge is -2.32. The second-order valence-corrected chi connectivity index (χ2v) is 11.4. The smallest absolute Gasteiger partial charge is 0.247 e. The molecule has 3 aromatic rings. The molecule has 0 unspecified atom stereocenters. The maximum Gasteiger partial charge on any atom is 0.247 e. The number of amides is 2. The van der Waals surface area contributed by atoms with E-state index in [4.69, 9.17) is 21.1 Å². The van der Waals surface area contributed by atoms with Gasteiger partial charge in [-0.15, -0.1) is 0 Å². The highest BCUT2D eigenvalue weighted by molar-refractivity contribution is 7.88. The van der Waals surface area contributed by atoms with E-state index >= 15 is 0 Å². The minimum absolute atomic E-state index is 0.0601. The van der Waals surface area contributed by atoms with Gasteiger partial charge >= 0.3 is 0 Å². The normalized spacial score (nSPS) is 13.3. The third-order valence-corrected chi connectivity index (χ3v) is 7.60. The molecule has 0 saturated heterocycles. The van der Waals surface area contributed by atoms with Gasteiger partial charge in [0.1, 0.15) is 6.04 Å². The van der Waals surface area contributed by atoms with Gasteiger partial charge in [0.25, 0.3) is 0 Å². The molecule has 0 radical (unpaired) electrons. The van der Waals surface area contributed by atoms with Crippen molar-refractivity contribution >= 4 is 33.4 Å². The Balaban J connectivity index is 1.64. The number of hydrogen-bond acceptors (Lipinski definition) is 6. The number of nitrogens with zero attached hydrogens (tertiary/aromatic N) is 2. The van der Waals surface area contributed by atoms with Crippen molar-refractivity contribution in [2.75, 3.05) is 26.6 Å². The quantitative estimate of drug-likeness (QED) is 0.410. The van der Waals surface area contributed by atoms with Gasteiger partial charge in [0.2, 0.25) is 28.6 Å². The highest BCUT2D eigenvalue weighted by Crippen LogP contribution is 2.32. The third kappa shape index (κ3) is 6.83. The predicted octanol–water partition coefficient (Wildman–Crippen LogP) is 3.35. The summed E-state index contributed by atoms with van der Waals surface area (Å²) in [4.78, 5) is 28.7. The first-order valence-electron chi connectivity index (χ1n) is 11.8. The molecule has 0 aromatic heterocycles. The fourth-order valence-corrected chi connectivity index (χ4v) is 4.42. The lowest BCUT2D eigenvalue weighted by molar-refractivity contribution is -0.141. The summed E-state index contributed by atoms with van der Waals surface area (Å²) in [6.07, 6.45) is 1.02. The van der Waals surface area contributed by atoms with Gasteiger partial charge in [-0.25, -0.2) is 8.42 Å². The largest absolute Gasteiger partial charge is 0.454 e. The highest BCUT2D eigenvalue weighted by Gasteiger charge is 2.33. The Morgan fingerprint density at radius 1 is 0.974 bits per heavy atom. The van der Waals surface area contributed by atoms with Crippen LogP contribution in [-0.2, 0) is 32.7 Å². The number of nitrogens with one attached hydrogen (secondary N) is 1. The van der Waals surface area contributed by atoms with E-state index < -0.39 is 34.4 Å². The molecule has 1 aliphatic heterocycles. The van der Waals surface area contributed by atoms with Crippen LogP contribution in [0.15, 0.2) is 72.8 Å². The number of sulfonamides is 1. The number of halogens is 1. The lowest BCUT2D eigenvalue weighted by Crippen LogP contribution is -2.47. The molecule has 1 atom stereocenters. The van der Waals surface area contributed by atoms with Crippen LogP contribution in [0.2, 0.25) is 5.02 Å². The van der Waals surface area contributed by atoms with E-state index in [0.29, 0.717) is 22.1 Å². The van der Waals surface area contributed by atoms with E-state index in [-0.39, 0.29) is 19.9 Å². The number of hydrogen-bond donors (Lipinski definition) is 1. The summed E-state index contributed by atoms with van der Waals surface area (Å²) in [5.74, 6) is 0.287. The Morgan fingerprint density at radius 2 is 1.63 bits per heavy atom. The average molecular weight is 558 g/mol. The minimum Gasteiger partial charge on any atom is -0.454 e. The summed E-state index contributed by atoms with van der Waals surface area (Å²) >= 11 is 6.04. The van der Waals surface area contributed by atoms with Crippen LogP contribution in [0.3, 0.4) is 0 Å². The van der Waals surface area contributed by atoms with Crippen LogP contribution in [0.1, 0.15) is 22.7 Å². The van der Waals surface area contributed by atoms with Crippen LogP contribution in [0.25, 0.3) is 0 Å². The molecule has 0 aliphatic carbocycles. The van der Waals surface area contributed by atoms with Crippen molar-refractivity contribution in [2.45, 2.75) is 19.1 Å². The van der Waals surface area contributed by atoms with Gasteiger partial charge in [0.05, 0.1) is 12.8 Å². The van der Waals surface area contributed by atoms with Gasteiger partial charge in [-0.1, -0.05) is 60.1 Å². The first kappa shape index (κ1) is 27.4. The van der Waals surface area contributed by atoms with E-state index in [2.05, 4.69) is 5.32 Å². The molecular formula is C27H28ClN3O6S. The average Bonchev–Trinajstić information content (AvgIpc) is 3.36. The van der Waals surface area contributed by atoms with Crippen molar-refractivity contribution in [1.82, 2.24) is 14.5 Å². The Kier molecular flexibility index (Phi) is 8.55. The summed E-state index contributed by atoms with van der Waals surface area (Å²) < 4.78 is 35.8. The zero-order valence-corrected chi connectivity index (χ0v) is 22.5. The fourth-order valence-electron chi connectivity index (χ4n) is 3.95. The van der Waals surface area contributed by atoms with Crippen molar-refractivity contribution in [3.05, 3.63) is 94.5 Å². The van der Waals surface area contributed by atoms with E-state index in [1.165, 1.54) is 11.9 Å². The molecule has 9 nitrogen and oxygen atoms in total. The molecule has 1 N–H and O–H groups in total. The molecule has 1 heterocycles. The lowest BCUT2D eigenvalue weighted by atomic mass is 10.0. The maximum absolute atomic E-state index is 13.7. The van der Waals surface area contributed by atoms with Gasteiger partial charge in [-0.2, -0.15) is 4.31 Å². The molecule has 0 fully saturated rings. The Labute approximate surface area is 227 Å². The number of carbonyl (C=O) groups is 2. The highest BCUT2D eigenvalue weighted by atomic mass is 35.5. The second-order valence-electron chi connectivity index (χ2n) is 8.89. The van der Waals surface area contributed by atoms with E-state index in [0.717, 1.165) is 21.7 Å². The molecular weight excluding hydrogens is 530 g/mol. The summed E-state index contributed by atoms with van der Waals surface area (Å²) in [6, 6.07) is 20.2. The molecule has 200 valence electrons. The zero-order chi connectivity index (χ0) is 27.3. The van der Waals surface area contributed by atoms with Gasteiger partial charge < -0.3 is 19.7 Å². The molecule has 11 heteroatoms. The van der Waals surface area contributed by atoms with Gasteiger partial charge in [0.15, 0.2) is 11.5 Å². The van der Waals surface area contributed by atoms with Gasteiger partial charge in [-0.05, 0) is 41.0 Å². The molecule has 4 rings (SSSR count). The van der Waals surface area contributed by atoms with Crippen molar-refractivity contribution in [2.24, 2.45) is 0 Å². The monoisotopic (exact) mass is 557 g/mol. The number of fused-ring (bicyclic) bond motifs is 1. The molecule has 0 bridgehead atoms. The minimum atomic E-state index is -3.63. The Morgan fingerprint density at radius 3 is 2.32 bits per heavy atom. The van der Waals surface area contributed by atoms with Crippen molar-refractivity contribution < 1.29 is 27.5 Å². The van der Waals surface area contributed by atoms with Crippen LogP contribution >= 0.6 is 11.6 Å². The van der Waals surface area contributed by atoms with Crippen molar-refractivity contribution in [3.8, 4) is 11.5 Å². The maximum atomic E-state index is 13.7. The summed E-state index contributed by atoms with van der Waals surface area (Å²) in [6.45, 7) is -0.0360. The van der Waals surface area contributed by atoms with Crippen molar-refractivity contribution in [1.29, 1.82) is 0 Å². The number of carbonyl (C=O) groups excluding carboxylic acids is 2. The molecule has 0 spiro atoms. The standard InChI is InChI=1S/C27H28ClN3O6S/c1-30(38(2,34)35)17-25(32)31(16-19-8-11-22(28)12-9-19)26(21-6-4-3-5-7-21)27(33)29-15-20-10-13-23-24(14-20)37-18-36-23/h3-14,26H,15-18H2,1-2H3,(H,29,33)/t26-/m0/s1. The number of benzene rings is 3. The van der Waals surface area contributed by atoms with Crippen molar-refractivity contribution in [3.63, 3.8) is 0 Å². The van der Waals surface area contributed by atoms with E-state index in [1.807, 2.05) is 12.1 Å². The molecule has 1 aliphatic rings. The number of likely N-dealkylation sites (N-methyl/N-ethyl adjacent to an activating group) is 1. The number of rotatable bonds is 10. The molecule has 0 saturated carbocycles. The van der Waals surface area contributed by atoms with Crippen LogP contribution < -0.4 is 14.8 Å². The van der Waals surface area contributed by atoms with Crippen LogP contribution in [-0.4, -0.2) is 56.1 Å². The molecule has 38 heavy (non-hydrogen) atoms. The van der Waals surface area contributed by atoms with E-state index in [1.54, 1.807) is 60.7 Å². The summed E-state index contributed by atoms with van der Waals surface area (Å²) in [5.41, 5.74) is 2.11. The SMILES string of the molecule is CN(CC(=O)N(Cc1ccc(Cl)cc1)[C@H](C(=O)NCc1ccc2c(c1)OCO2)c1ccccc1)S(C)(=O)=O. The topological polar surface area (TPSA) is 105 Å². The fraction of sp³-hybridized carbons (Fsp3) is 0.259. The van der Waals surface area contributed by atoms with Crippen LogP contribution in [0.4, 0.5) is 0 Å². The Bertz CT molecular complexity index is 1400. The second kappa shape index (κ2) is 11.8. The van der Waals surface area contributed by atoms with E-state index in [9.17, 15) is 18.0 Å². The summed E-state index contributed by atoms with van der Waals surface area (Å²) in [7, 11) is -2.30. The zero-order valence-electron chi connectivity index (χ0n) is 21.0. The van der Waals surface area contributed by atoms with Crippen LogP contribution in [0.5, 0.6) is 11.5 Å². The van der Waals surface area contributed by atoms with Gasteiger partial charge in [0, 0.05) is 25.2 Å². The predicted molar refractivity (Wildman–Crippen MR) is 143 cm³/mol. The van der Waals surface area contributed by atoms with Crippen LogP contribution in [0, 0.1) is 0 Å². The summed E-state index contributed by atoms with van der Waals surface area (Å²) in [5, 5.41) is 3.45. The first-order chi connectivity index (χ1) is 18.1. The number of ether oxygens (including phenoxy) is 2. The molecule has 3 aromatic carbocycles.